The van der Waals surface area contributed by atoms with E-state index in [1.165, 1.54) is 0 Å². The first-order valence-electron chi connectivity index (χ1n) is 7.32. The standard InChI is InChI=1S/C18H13Br2N3O/c1-24-12-4-2-3-11(8-12)22-17-14(20)9-21-18-16(17)13-7-10(19)5-6-15(13)23-18/h2-9H,1H3,(H2,21,22,23). The van der Waals surface area contributed by atoms with E-state index >= 15 is 0 Å². The first-order chi connectivity index (χ1) is 11.7. The lowest BCUT2D eigenvalue weighted by atomic mass is 10.1. The minimum absolute atomic E-state index is 0.808. The Labute approximate surface area is 155 Å². The van der Waals surface area contributed by atoms with Crippen LogP contribution in [0.2, 0.25) is 0 Å². The zero-order chi connectivity index (χ0) is 16.7. The third-order valence-corrected chi connectivity index (χ3v) is 4.97. The molecule has 2 aromatic carbocycles. The molecule has 2 N–H and O–H groups in total. The number of hydrogen-bond acceptors (Lipinski definition) is 3. The highest BCUT2D eigenvalue weighted by Gasteiger charge is 2.14. The first-order valence-corrected chi connectivity index (χ1v) is 8.91. The fourth-order valence-corrected chi connectivity index (χ4v) is 3.53. The van der Waals surface area contributed by atoms with E-state index in [4.69, 9.17) is 4.74 Å². The summed E-state index contributed by atoms with van der Waals surface area (Å²) in [5.41, 5.74) is 3.81. The average Bonchev–Trinajstić information content (AvgIpc) is 2.95. The van der Waals surface area contributed by atoms with E-state index < -0.39 is 0 Å². The van der Waals surface area contributed by atoms with Gasteiger partial charge in [-0.25, -0.2) is 4.98 Å². The molecule has 2 aromatic heterocycles. The molecule has 0 saturated heterocycles. The number of aromatic nitrogens is 2. The zero-order valence-corrected chi connectivity index (χ0v) is 15.9. The van der Waals surface area contributed by atoms with Crippen LogP contribution in [0.25, 0.3) is 21.9 Å². The van der Waals surface area contributed by atoms with Gasteiger partial charge in [-0.3, -0.25) is 0 Å². The molecule has 4 nitrogen and oxygen atoms in total. The molecule has 6 heteroatoms. The van der Waals surface area contributed by atoms with E-state index in [2.05, 4.69) is 53.2 Å². The first kappa shape index (κ1) is 15.5. The number of halogens is 2. The molecule has 0 radical (unpaired) electrons. The number of rotatable bonds is 3. The van der Waals surface area contributed by atoms with Gasteiger partial charge in [0.15, 0.2) is 0 Å². The van der Waals surface area contributed by atoms with Gasteiger partial charge in [-0.05, 0) is 46.3 Å². The summed E-state index contributed by atoms with van der Waals surface area (Å²) in [4.78, 5) is 7.86. The Hall–Kier alpha value is -2.05. The van der Waals surface area contributed by atoms with Crippen molar-refractivity contribution in [1.82, 2.24) is 9.97 Å². The molecule has 0 spiro atoms. The highest BCUT2D eigenvalue weighted by Crippen LogP contribution is 2.38. The number of H-pyrrole nitrogens is 1. The largest absolute Gasteiger partial charge is 0.497 e. The Kier molecular flexibility index (Phi) is 3.94. The fourth-order valence-electron chi connectivity index (χ4n) is 2.77. The van der Waals surface area contributed by atoms with Gasteiger partial charge in [0, 0.05) is 33.3 Å². The molecule has 0 saturated carbocycles. The van der Waals surface area contributed by atoms with Crippen molar-refractivity contribution < 1.29 is 4.74 Å². The van der Waals surface area contributed by atoms with Gasteiger partial charge < -0.3 is 15.0 Å². The number of anilines is 2. The highest BCUT2D eigenvalue weighted by atomic mass is 79.9. The summed E-state index contributed by atoms with van der Waals surface area (Å²) in [6, 6.07) is 14.0. The van der Waals surface area contributed by atoms with E-state index in [-0.39, 0.29) is 0 Å². The van der Waals surface area contributed by atoms with Crippen LogP contribution in [-0.4, -0.2) is 17.1 Å². The van der Waals surface area contributed by atoms with Gasteiger partial charge in [0.25, 0.3) is 0 Å². The number of benzene rings is 2. The number of methoxy groups -OCH3 is 1. The maximum absolute atomic E-state index is 5.30. The van der Waals surface area contributed by atoms with Crippen LogP contribution in [-0.2, 0) is 0 Å². The lowest BCUT2D eigenvalue weighted by Gasteiger charge is -2.11. The molecule has 2 heterocycles. The van der Waals surface area contributed by atoms with Crippen molar-refractivity contribution >= 4 is 65.2 Å². The minimum Gasteiger partial charge on any atom is -0.497 e. The molecule has 0 fully saturated rings. The molecule has 0 atom stereocenters. The van der Waals surface area contributed by atoms with Crippen LogP contribution in [0.3, 0.4) is 0 Å². The smallest absolute Gasteiger partial charge is 0.140 e. The number of nitrogens with zero attached hydrogens (tertiary/aromatic N) is 1. The molecule has 0 unspecified atom stereocenters. The Balaban J connectivity index is 1.94. The third kappa shape index (κ3) is 2.65. The number of aromatic amines is 1. The Bertz CT molecular complexity index is 1060. The summed E-state index contributed by atoms with van der Waals surface area (Å²) in [6.07, 6.45) is 1.80. The second-order valence-corrected chi connectivity index (χ2v) is 7.15. The van der Waals surface area contributed by atoms with Gasteiger partial charge in [-0.1, -0.05) is 22.0 Å². The van der Waals surface area contributed by atoms with E-state index in [1.807, 2.05) is 36.4 Å². The van der Waals surface area contributed by atoms with Gasteiger partial charge in [0.05, 0.1) is 22.7 Å². The Morgan fingerprint density at radius 2 is 2.00 bits per heavy atom. The van der Waals surface area contributed by atoms with Gasteiger partial charge in [0.2, 0.25) is 0 Å². The molecular formula is C18H13Br2N3O. The fraction of sp³-hybridized carbons (Fsp3) is 0.0556. The van der Waals surface area contributed by atoms with Gasteiger partial charge >= 0.3 is 0 Å². The van der Waals surface area contributed by atoms with Crippen LogP contribution < -0.4 is 10.1 Å². The number of ether oxygens (including phenoxy) is 1. The van der Waals surface area contributed by atoms with Crippen LogP contribution >= 0.6 is 31.9 Å². The molecule has 4 rings (SSSR count). The summed E-state index contributed by atoms with van der Waals surface area (Å²) in [6.45, 7) is 0. The van der Waals surface area contributed by atoms with E-state index in [0.717, 1.165) is 48.0 Å². The molecule has 0 aliphatic heterocycles. The average molecular weight is 447 g/mol. The number of fused-ring (bicyclic) bond motifs is 3. The normalized spacial score (nSPS) is 11.1. The topological polar surface area (TPSA) is 49.9 Å². The maximum atomic E-state index is 5.30. The van der Waals surface area contributed by atoms with E-state index in [0.29, 0.717) is 0 Å². The van der Waals surface area contributed by atoms with Crippen molar-refractivity contribution in [2.45, 2.75) is 0 Å². The van der Waals surface area contributed by atoms with Crippen LogP contribution in [0.4, 0.5) is 11.4 Å². The summed E-state index contributed by atoms with van der Waals surface area (Å²) < 4.78 is 7.24. The van der Waals surface area contributed by atoms with Crippen LogP contribution in [0, 0.1) is 0 Å². The third-order valence-electron chi connectivity index (χ3n) is 3.88. The minimum atomic E-state index is 0.808. The number of hydrogen-bond donors (Lipinski definition) is 2. The molecule has 4 aromatic rings. The highest BCUT2D eigenvalue weighted by molar-refractivity contribution is 9.10. The van der Waals surface area contributed by atoms with Gasteiger partial charge in [-0.2, -0.15) is 0 Å². The molecule has 24 heavy (non-hydrogen) atoms. The van der Waals surface area contributed by atoms with Gasteiger partial charge in [0.1, 0.15) is 11.4 Å². The number of pyridine rings is 1. The van der Waals surface area contributed by atoms with Crippen molar-refractivity contribution in [3.63, 3.8) is 0 Å². The SMILES string of the molecule is COc1cccc(Nc2c(Br)cnc3[nH]c4ccc(Br)cc4c23)c1. The lowest BCUT2D eigenvalue weighted by Crippen LogP contribution is -1.94. The second-order valence-electron chi connectivity index (χ2n) is 5.38. The van der Waals surface area contributed by atoms with Crippen molar-refractivity contribution in [2.75, 3.05) is 12.4 Å². The van der Waals surface area contributed by atoms with E-state index in [9.17, 15) is 0 Å². The zero-order valence-electron chi connectivity index (χ0n) is 12.7. The van der Waals surface area contributed by atoms with Crippen molar-refractivity contribution in [2.24, 2.45) is 0 Å². The quantitative estimate of drug-likeness (QED) is 0.406. The lowest BCUT2D eigenvalue weighted by molar-refractivity contribution is 0.415. The summed E-state index contributed by atoms with van der Waals surface area (Å²) in [5, 5.41) is 5.64. The summed E-state index contributed by atoms with van der Waals surface area (Å²) >= 11 is 7.17. The monoisotopic (exact) mass is 445 g/mol. The van der Waals surface area contributed by atoms with Crippen molar-refractivity contribution in [1.29, 1.82) is 0 Å². The van der Waals surface area contributed by atoms with E-state index in [1.54, 1.807) is 13.3 Å². The molecular weight excluding hydrogens is 434 g/mol. The molecule has 0 aliphatic carbocycles. The summed E-state index contributed by atoms with van der Waals surface area (Å²) in [7, 11) is 1.66. The molecule has 120 valence electrons. The maximum Gasteiger partial charge on any atom is 0.140 e. The summed E-state index contributed by atoms with van der Waals surface area (Å²) in [5.74, 6) is 0.808. The molecule has 0 bridgehead atoms. The Morgan fingerprint density at radius 3 is 2.83 bits per heavy atom. The van der Waals surface area contributed by atoms with Crippen LogP contribution in [0.1, 0.15) is 0 Å². The predicted molar refractivity (Wildman–Crippen MR) is 105 cm³/mol. The second kappa shape index (κ2) is 6.11. The van der Waals surface area contributed by atoms with Crippen molar-refractivity contribution in [3.05, 3.63) is 57.6 Å². The molecule has 0 aliphatic rings. The predicted octanol–water partition coefficient (Wildman–Crippen LogP) is 5.99. The number of nitrogens with one attached hydrogen (secondary N) is 2. The Morgan fingerprint density at radius 1 is 1.12 bits per heavy atom. The van der Waals surface area contributed by atoms with Crippen LogP contribution in [0.5, 0.6) is 5.75 Å². The molecule has 0 amide bonds. The van der Waals surface area contributed by atoms with Crippen LogP contribution in [0.15, 0.2) is 57.6 Å². The van der Waals surface area contributed by atoms with Crippen molar-refractivity contribution in [3.8, 4) is 5.75 Å². The van der Waals surface area contributed by atoms with Gasteiger partial charge in [-0.15, -0.1) is 0 Å².